The minimum atomic E-state index is 0. The summed E-state index contributed by atoms with van der Waals surface area (Å²) in [5.41, 5.74) is 0. The van der Waals surface area contributed by atoms with Gasteiger partial charge in [-0.15, -0.1) is 0 Å². The first-order chi connectivity index (χ1) is 8.69. The minimum absolute atomic E-state index is 0. The first-order valence-electron chi connectivity index (χ1n) is 7.73. The molecule has 0 heterocycles. The second kappa shape index (κ2) is 20.9. The molecular formula is C16H36N2Zn. The number of hydrogen-bond donors (Lipinski definition) is 0. The summed E-state index contributed by atoms with van der Waals surface area (Å²) in [6.07, 6.45) is 4.60. The molecule has 0 saturated carbocycles. The van der Waals surface area contributed by atoms with Crippen molar-refractivity contribution in [3.05, 3.63) is 13.8 Å². The molecule has 0 rings (SSSR count). The molecule has 0 spiro atoms. The van der Waals surface area contributed by atoms with Crippen molar-refractivity contribution in [2.75, 3.05) is 39.3 Å². The zero-order valence-corrected chi connectivity index (χ0v) is 17.1. The Kier molecular flexibility index (Phi) is 26.9. The summed E-state index contributed by atoms with van der Waals surface area (Å²) < 4.78 is 0. The summed E-state index contributed by atoms with van der Waals surface area (Å²) in [5, 5.41) is 0. The van der Waals surface area contributed by atoms with Crippen molar-refractivity contribution in [1.29, 1.82) is 0 Å². The Balaban J connectivity index is -0.000000262. The molecule has 0 aliphatic heterocycles. The minimum Gasteiger partial charge on any atom is -0.342 e. The maximum atomic E-state index is 3.85. The van der Waals surface area contributed by atoms with Crippen molar-refractivity contribution in [3.8, 4) is 0 Å². The average Bonchev–Trinajstić information content (AvgIpc) is 2.38. The zero-order chi connectivity index (χ0) is 14.2. The van der Waals surface area contributed by atoms with E-state index in [0.717, 1.165) is 32.5 Å². The first-order valence-corrected chi connectivity index (χ1v) is 7.73. The van der Waals surface area contributed by atoms with E-state index in [1.54, 1.807) is 0 Å². The van der Waals surface area contributed by atoms with Gasteiger partial charge >= 0.3 is 19.5 Å². The molecule has 0 fully saturated rings. The van der Waals surface area contributed by atoms with E-state index < -0.39 is 0 Å². The van der Waals surface area contributed by atoms with Gasteiger partial charge in [0.05, 0.1) is 0 Å². The van der Waals surface area contributed by atoms with Crippen LogP contribution in [0.4, 0.5) is 0 Å². The maximum absolute atomic E-state index is 3.85. The molecule has 0 aromatic carbocycles. The molecule has 0 unspecified atom stereocenters. The monoisotopic (exact) mass is 320 g/mol. The van der Waals surface area contributed by atoms with Crippen LogP contribution >= 0.6 is 0 Å². The molecule has 0 radical (unpaired) electrons. The smallest absolute Gasteiger partial charge is 0.342 e. The van der Waals surface area contributed by atoms with Gasteiger partial charge in [-0.1, -0.05) is 27.7 Å². The Bertz CT molecular complexity index is 124. The van der Waals surface area contributed by atoms with Crippen LogP contribution in [0.1, 0.15) is 53.4 Å². The normalized spacial score (nSPS) is 10.1. The Morgan fingerprint density at radius 1 is 0.632 bits per heavy atom. The van der Waals surface area contributed by atoms with Crippen LogP contribution in [0.2, 0.25) is 0 Å². The fourth-order valence-electron chi connectivity index (χ4n) is 1.95. The quantitative estimate of drug-likeness (QED) is 0.445. The molecule has 3 heteroatoms. The van der Waals surface area contributed by atoms with Gasteiger partial charge in [0.1, 0.15) is 0 Å². The second-order valence-electron chi connectivity index (χ2n) is 4.58. The van der Waals surface area contributed by atoms with E-state index in [1.807, 2.05) is 0 Å². The number of hydrogen-bond acceptors (Lipinski definition) is 2. The van der Waals surface area contributed by atoms with Gasteiger partial charge in [0.25, 0.3) is 0 Å². The van der Waals surface area contributed by atoms with Gasteiger partial charge in [0.2, 0.25) is 0 Å². The summed E-state index contributed by atoms with van der Waals surface area (Å²) in [6, 6.07) is 0. The Hall–Kier alpha value is 0.543. The van der Waals surface area contributed by atoms with Crippen LogP contribution in [0, 0.1) is 13.8 Å². The molecule has 0 aromatic heterocycles. The van der Waals surface area contributed by atoms with Crippen molar-refractivity contribution in [2.24, 2.45) is 0 Å². The summed E-state index contributed by atoms with van der Waals surface area (Å²) in [6.45, 7) is 23.6. The topological polar surface area (TPSA) is 6.48 Å². The van der Waals surface area contributed by atoms with Crippen LogP contribution in [0.25, 0.3) is 0 Å². The molecule has 0 aliphatic rings. The number of rotatable bonds is 10. The van der Waals surface area contributed by atoms with E-state index in [2.05, 4.69) is 51.3 Å². The van der Waals surface area contributed by atoms with Crippen molar-refractivity contribution < 1.29 is 19.5 Å². The van der Waals surface area contributed by atoms with Crippen LogP contribution in [-0.2, 0) is 19.5 Å². The molecule has 0 bridgehead atoms. The van der Waals surface area contributed by atoms with E-state index in [9.17, 15) is 0 Å². The number of nitrogens with zero attached hydrogens (tertiary/aromatic N) is 2. The maximum Gasteiger partial charge on any atom is 2.00 e. The predicted molar refractivity (Wildman–Crippen MR) is 84.8 cm³/mol. The van der Waals surface area contributed by atoms with Crippen LogP contribution in [-0.4, -0.2) is 49.1 Å². The third-order valence-electron chi connectivity index (χ3n) is 2.92. The predicted octanol–water partition coefficient (Wildman–Crippen LogP) is 3.88. The Labute approximate surface area is 136 Å². The van der Waals surface area contributed by atoms with Crippen molar-refractivity contribution >= 4 is 0 Å². The zero-order valence-electron chi connectivity index (χ0n) is 14.1. The van der Waals surface area contributed by atoms with Crippen LogP contribution in [0.5, 0.6) is 0 Å². The van der Waals surface area contributed by atoms with Gasteiger partial charge in [0.15, 0.2) is 0 Å². The van der Waals surface area contributed by atoms with Gasteiger partial charge in [-0.25, -0.2) is 0 Å². The van der Waals surface area contributed by atoms with E-state index >= 15 is 0 Å². The summed E-state index contributed by atoms with van der Waals surface area (Å²) in [5.74, 6) is 0. The molecule has 2 nitrogen and oxygen atoms in total. The fraction of sp³-hybridized carbons (Fsp3) is 0.875. The molecule has 0 atom stereocenters. The largest absolute Gasteiger partial charge is 2.00 e. The van der Waals surface area contributed by atoms with Crippen molar-refractivity contribution in [2.45, 2.75) is 53.4 Å². The van der Waals surface area contributed by atoms with Crippen molar-refractivity contribution in [1.82, 2.24) is 9.80 Å². The van der Waals surface area contributed by atoms with Crippen molar-refractivity contribution in [3.63, 3.8) is 0 Å². The molecule has 0 saturated heterocycles. The van der Waals surface area contributed by atoms with Crippen LogP contribution in [0.15, 0.2) is 0 Å². The van der Waals surface area contributed by atoms with Gasteiger partial charge < -0.3 is 23.6 Å². The molecular weight excluding hydrogens is 286 g/mol. The summed E-state index contributed by atoms with van der Waals surface area (Å²) in [7, 11) is 0. The molecule has 0 amide bonds. The van der Waals surface area contributed by atoms with E-state index in [1.165, 1.54) is 32.5 Å². The SMILES string of the molecule is [CH2-]CCN(CC)CC.[CH2-]CCN(CCC)CCC.[Zn+2]. The van der Waals surface area contributed by atoms with E-state index in [4.69, 9.17) is 0 Å². The van der Waals surface area contributed by atoms with Crippen LogP contribution < -0.4 is 0 Å². The third-order valence-corrected chi connectivity index (χ3v) is 2.92. The summed E-state index contributed by atoms with van der Waals surface area (Å²) in [4.78, 5) is 4.85. The Morgan fingerprint density at radius 3 is 1.21 bits per heavy atom. The standard InChI is InChI=1S/C9H20N.C7H16N.Zn/c1-4-7-10(8-5-2)9-6-3;1-4-7-8(5-2)6-3;/h1,4-9H2,2-3H3;1,4-7H2,2-3H3;/q2*-1;+2. The van der Waals surface area contributed by atoms with Gasteiger partial charge in [-0.3, -0.25) is 0 Å². The van der Waals surface area contributed by atoms with Gasteiger partial charge in [-0.05, 0) is 52.1 Å². The molecule has 112 valence electrons. The molecule has 19 heavy (non-hydrogen) atoms. The van der Waals surface area contributed by atoms with Crippen LogP contribution in [0.3, 0.4) is 0 Å². The average molecular weight is 322 g/mol. The van der Waals surface area contributed by atoms with E-state index in [-0.39, 0.29) is 19.5 Å². The Morgan fingerprint density at radius 2 is 1.00 bits per heavy atom. The second-order valence-corrected chi connectivity index (χ2v) is 4.58. The fourth-order valence-corrected chi connectivity index (χ4v) is 1.95. The van der Waals surface area contributed by atoms with Gasteiger partial charge in [-0.2, -0.15) is 12.8 Å². The third kappa shape index (κ3) is 18.5. The molecule has 0 aliphatic carbocycles. The molecule has 0 N–H and O–H groups in total. The summed E-state index contributed by atoms with van der Waals surface area (Å²) >= 11 is 0. The van der Waals surface area contributed by atoms with Gasteiger partial charge in [0, 0.05) is 0 Å². The first kappa shape index (κ1) is 24.6. The molecule has 0 aromatic rings. The van der Waals surface area contributed by atoms with E-state index in [0.29, 0.717) is 0 Å².